The Hall–Kier alpha value is -2.11. The number of halogens is 1. The molecule has 1 unspecified atom stereocenters. The predicted octanol–water partition coefficient (Wildman–Crippen LogP) is 3.53. The zero-order chi connectivity index (χ0) is 16.5. The maximum absolute atomic E-state index is 6.49. The summed E-state index contributed by atoms with van der Waals surface area (Å²) in [7, 11) is 0. The highest BCUT2D eigenvalue weighted by molar-refractivity contribution is 6.30. The van der Waals surface area contributed by atoms with E-state index in [1.807, 2.05) is 36.5 Å². The normalized spacial score (nSPS) is 17.3. The number of anilines is 1. The molecule has 1 atom stereocenters. The molecule has 0 bridgehead atoms. The molecule has 24 heavy (non-hydrogen) atoms. The van der Waals surface area contributed by atoms with Gasteiger partial charge in [-0.15, -0.1) is 0 Å². The Morgan fingerprint density at radius 3 is 2.62 bits per heavy atom. The second-order valence-corrected chi connectivity index (χ2v) is 6.78. The molecular formula is C18H20ClN5. The van der Waals surface area contributed by atoms with Crippen LogP contribution < -0.4 is 10.6 Å². The molecular weight excluding hydrogens is 322 g/mol. The first-order valence-electron chi connectivity index (χ1n) is 8.26. The van der Waals surface area contributed by atoms with Crippen molar-refractivity contribution >= 4 is 28.5 Å². The molecule has 1 aliphatic heterocycles. The van der Waals surface area contributed by atoms with Gasteiger partial charge in [-0.25, -0.2) is 9.97 Å². The fraction of sp³-hybridized carbons (Fsp3) is 0.333. The van der Waals surface area contributed by atoms with Crippen LogP contribution in [0.15, 0.2) is 42.9 Å². The van der Waals surface area contributed by atoms with Gasteiger partial charge in [0.25, 0.3) is 0 Å². The van der Waals surface area contributed by atoms with Gasteiger partial charge in [0.2, 0.25) is 0 Å². The van der Waals surface area contributed by atoms with Crippen LogP contribution in [0.5, 0.6) is 0 Å². The molecule has 124 valence electrons. The topological polar surface area (TPSA) is 70.8 Å². The predicted molar refractivity (Wildman–Crippen MR) is 97.2 cm³/mol. The molecule has 0 amide bonds. The number of aromatic nitrogens is 3. The van der Waals surface area contributed by atoms with E-state index >= 15 is 0 Å². The summed E-state index contributed by atoms with van der Waals surface area (Å²) >= 11 is 5.97. The molecule has 3 aromatic rings. The minimum atomic E-state index is 0.0575. The Labute approximate surface area is 145 Å². The van der Waals surface area contributed by atoms with Crippen LogP contribution in [0.1, 0.15) is 24.4 Å². The fourth-order valence-electron chi connectivity index (χ4n) is 3.54. The van der Waals surface area contributed by atoms with Crippen molar-refractivity contribution in [1.82, 2.24) is 15.0 Å². The molecule has 6 heteroatoms. The average molecular weight is 342 g/mol. The van der Waals surface area contributed by atoms with Gasteiger partial charge in [0.15, 0.2) is 0 Å². The van der Waals surface area contributed by atoms with Gasteiger partial charge in [0.1, 0.15) is 17.8 Å². The Morgan fingerprint density at radius 2 is 1.88 bits per heavy atom. The second kappa shape index (κ2) is 6.42. The van der Waals surface area contributed by atoms with Crippen molar-refractivity contribution in [3.05, 3.63) is 53.4 Å². The first-order chi connectivity index (χ1) is 11.7. The number of nitrogens with one attached hydrogen (secondary N) is 1. The number of nitrogens with zero attached hydrogens (tertiary/aromatic N) is 3. The lowest BCUT2D eigenvalue weighted by Gasteiger charge is -2.35. The number of aromatic amines is 1. The third kappa shape index (κ3) is 2.85. The van der Waals surface area contributed by atoms with Gasteiger partial charge in [0.05, 0.1) is 5.39 Å². The molecule has 3 heterocycles. The lowest BCUT2D eigenvalue weighted by Crippen LogP contribution is -2.38. The van der Waals surface area contributed by atoms with Crippen molar-refractivity contribution in [2.75, 3.05) is 18.0 Å². The van der Waals surface area contributed by atoms with Crippen LogP contribution in [0.3, 0.4) is 0 Å². The van der Waals surface area contributed by atoms with E-state index in [-0.39, 0.29) is 6.04 Å². The fourth-order valence-corrected chi connectivity index (χ4v) is 3.66. The van der Waals surface area contributed by atoms with Crippen molar-refractivity contribution in [2.24, 2.45) is 11.7 Å². The summed E-state index contributed by atoms with van der Waals surface area (Å²) in [6, 6.07) is 9.99. The maximum atomic E-state index is 6.49. The van der Waals surface area contributed by atoms with Gasteiger partial charge in [-0.2, -0.15) is 0 Å². The molecule has 1 aromatic carbocycles. The third-order valence-corrected chi connectivity index (χ3v) is 5.19. The summed E-state index contributed by atoms with van der Waals surface area (Å²) in [6.07, 6.45) is 5.64. The highest BCUT2D eigenvalue weighted by atomic mass is 35.5. The van der Waals surface area contributed by atoms with Crippen LogP contribution in [0.25, 0.3) is 11.0 Å². The smallest absolute Gasteiger partial charge is 0.142 e. The van der Waals surface area contributed by atoms with Crippen LogP contribution in [-0.2, 0) is 0 Å². The lowest BCUT2D eigenvalue weighted by atomic mass is 9.86. The van der Waals surface area contributed by atoms with Crippen LogP contribution >= 0.6 is 11.6 Å². The number of piperidine rings is 1. The molecule has 4 rings (SSSR count). The first kappa shape index (κ1) is 15.4. The first-order valence-corrected chi connectivity index (χ1v) is 8.64. The number of H-pyrrole nitrogens is 1. The molecule has 1 fully saturated rings. The highest BCUT2D eigenvalue weighted by Crippen LogP contribution is 2.32. The van der Waals surface area contributed by atoms with E-state index < -0.39 is 0 Å². The van der Waals surface area contributed by atoms with E-state index in [0.29, 0.717) is 5.92 Å². The molecule has 1 aliphatic rings. The molecule has 0 radical (unpaired) electrons. The Bertz CT molecular complexity index is 821. The maximum Gasteiger partial charge on any atom is 0.142 e. The van der Waals surface area contributed by atoms with Crippen molar-refractivity contribution in [3.63, 3.8) is 0 Å². The van der Waals surface area contributed by atoms with Gasteiger partial charge in [-0.3, -0.25) is 0 Å². The number of nitrogens with two attached hydrogens (primary N) is 1. The van der Waals surface area contributed by atoms with Gasteiger partial charge in [-0.1, -0.05) is 23.7 Å². The SMILES string of the molecule is NC(c1ccc(Cl)cc1)C1CCN(c2ncnc3[nH]ccc23)CC1. The van der Waals surface area contributed by atoms with E-state index in [2.05, 4.69) is 19.9 Å². The van der Waals surface area contributed by atoms with E-state index in [9.17, 15) is 0 Å². The number of benzene rings is 1. The minimum Gasteiger partial charge on any atom is -0.356 e. The molecule has 3 N–H and O–H groups in total. The molecule has 2 aromatic heterocycles. The van der Waals surface area contributed by atoms with Crippen LogP contribution in [0, 0.1) is 5.92 Å². The molecule has 5 nitrogen and oxygen atoms in total. The van der Waals surface area contributed by atoms with Gasteiger partial charge in [0, 0.05) is 30.4 Å². The summed E-state index contributed by atoms with van der Waals surface area (Å²) in [5.41, 5.74) is 8.53. The minimum absolute atomic E-state index is 0.0575. The summed E-state index contributed by atoms with van der Waals surface area (Å²) in [6.45, 7) is 1.92. The monoisotopic (exact) mass is 341 g/mol. The second-order valence-electron chi connectivity index (χ2n) is 6.34. The number of fused-ring (bicyclic) bond motifs is 1. The summed E-state index contributed by atoms with van der Waals surface area (Å²) < 4.78 is 0. The number of rotatable bonds is 3. The van der Waals surface area contributed by atoms with Crippen LogP contribution in [0.4, 0.5) is 5.82 Å². The molecule has 0 aliphatic carbocycles. The Kier molecular flexibility index (Phi) is 4.12. The lowest BCUT2D eigenvalue weighted by molar-refractivity contribution is 0.344. The average Bonchev–Trinajstić information content (AvgIpc) is 3.11. The largest absolute Gasteiger partial charge is 0.356 e. The quantitative estimate of drug-likeness (QED) is 0.764. The highest BCUT2D eigenvalue weighted by Gasteiger charge is 2.26. The van der Waals surface area contributed by atoms with Gasteiger partial charge >= 0.3 is 0 Å². The Morgan fingerprint density at radius 1 is 1.12 bits per heavy atom. The third-order valence-electron chi connectivity index (χ3n) is 4.93. The zero-order valence-electron chi connectivity index (χ0n) is 13.3. The zero-order valence-corrected chi connectivity index (χ0v) is 14.1. The summed E-state index contributed by atoms with van der Waals surface area (Å²) in [4.78, 5) is 14.2. The van der Waals surface area contributed by atoms with E-state index in [0.717, 1.165) is 53.4 Å². The van der Waals surface area contributed by atoms with Gasteiger partial charge in [-0.05, 0) is 42.5 Å². The van der Waals surface area contributed by atoms with Crippen LogP contribution in [-0.4, -0.2) is 28.0 Å². The van der Waals surface area contributed by atoms with Gasteiger partial charge < -0.3 is 15.6 Å². The summed E-state index contributed by atoms with van der Waals surface area (Å²) in [5, 5.41) is 1.83. The molecule has 0 saturated carbocycles. The molecule has 0 spiro atoms. The van der Waals surface area contributed by atoms with Crippen molar-refractivity contribution in [2.45, 2.75) is 18.9 Å². The van der Waals surface area contributed by atoms with E-state index in [4.69, 9.17) is 17.3 Å². The van der Waals surface area contributed by atoms with Crippen molar-refractivity contribution in [3.8, 4) is 0 Å². The number of hydrogen-bond acceptors (Lipinski definition) is 4. The van der Waals surface area contributed by atoms with Crippen LogP contribution in [0.2, 0.25) is 5.02 Å². The molecule has 1 saturated heterocycles. The van der Waals surface area contributed by atoms with E-state index in [1.165, 1.54) is 0 Å². The number of hydrogen-bond donors (Lipinski definition) is 2. The van der Waals surface area contributed by atoms with Crippen molar-refractivity contribution < 1.29 is 0 Å². The summed E-state index contributed by atoms with van der Waals surface area (Å²) in [5.74, 6) is 1.49. The Balaban J connectivity index is 1.47. The van der Waals surface area contributed by atoms with E-state index in [1.54, 1.807) is 6.33 Å². The van der Waals surface area contributed by atoms with Crippen molar-refractivity contribution in [1.29, 1.82) is 0 Å². The standard InChI is InChI=1S/C18H20ClN5/c19-14-3-1-12(2-4-14)16(20)13-6-9-24(10-7-13)18-15-5-8-21-17(15)22-11-23-18/h1-5,8,11,13,16H,6-7,9-10,20H2,(H,21,22,23).